The fourth-order valence-corrected chi connectivity index (χ4v) is 2.71. The van der Waals surface area contributed by atoms with Crippen molar-refractivity contribution in [3.05, 3.63) is 23.4 Å². The predicted molar refractivity (Wildman–Crippen MR) is 97.2 cm³/mol. The molecule has 0 spiro atoms. The second kappa shape index (κ2) is 7.59. The van der Waals surface area contributed by atoms with Gasteiger partial charge in [-0.25, -0.2) is 0 Å². The van der Waals surface area contributed by atoms with Crippen molar-refractivity contribution < 1.29 is 28.8 Å². The molecular weight excluding hydrogens is 368 g/mol. The van der Waals surface area contributed by atoms with Crippen LogP contribution in [0.15, 0.2) is 21.2 Å². The van der Waals surface area contributed by atoms with Crippen LogP contribution in [0.5, 0.6) is 17.6 Å². The molecule has 10 heteroatoms. The number of aromatic hydroxyl groups is 2. The number of amides is 1. The molecule has 0 bridgehead atoms. The first-order chi connectivity index (χ1) is 13.4. The number of rotatable bonds is 6. The van der Waals surface area contributed by atoms with Crippen molar-refractivity contribution in [1.82, 2.24) is 20.6 Å². The molecule has 0 saturated carbocycles. The maximum absolute atomic E-state index is 12.4. The Morgan fingerprint density at radius 1 is 1.21 bits per heavy atom. The van der Waals surface area contributed by atoms with Gasteiger partial charge >= 0.3 is 6.08 Å². The highest BCUT2D eigenvalue weighted by Crippen LogP contribution is 2.42. The van der Waals surface area contributed by atoms with E-state index in [1.807, 2.05) is 13.8 Å². The van der Waals surface area contributed by atoms with Crippen LogP contribution in [-0.2, 0) is 0 Å². The summed E-state index contributed by atoms with van der Waals surface area (Å²) in [4.78, 5) is 16.5. The van der Waals surface area contributed by atoms with Gasteiger partial charge in [0.2, 0.25) is 5.82 Å². The van der Waals surface area contributed by atoms with Crippen LogP contribution in [0.4, 0.5) is 0 Å². The Morgan fingerprint density at radius 3 is 2.57 bits per heavy atom. The molecule has 1 aromatic carbocycles. The lowest BCUT2D eigenvalue weighted by Crippen LogP contribution is -2.23. The normalized spacial score (nSPS) is 11.0. The molecule has 10 nitrogen and oxygen atoms in total. The number of ether oxygens (including phenoxy) is 1. The van der Waals surface area contributed by atoms with Gasteiger partial charge in [-0.1, -0.05) is 24.2 Å². The average Bonchev–Trinajstić information content (AvgIpc) is 3.28. The molecule has 3 aromatic rings. The highest BCUT2D eigenvalue weighted by Gasteiger charge is 2.30. The van der Waals surface area contributed by atoms with Gasteiger partial charge in [0.15, 0.2) is 11.5 Å². The lowest BCUT2D eigenvalue weighted by atomic mass is 9.96. The molecule has 3 N–H and O–H groups in total. The van der Waals surface area contributed by atoms with E-state index in [1.165, 1.54) is 13.2 Å². The molecule has 148 valence electrons. The van der Waals surface area contributed by atoms with Crippen molar-refractivity contribution in [2.45, 2.75) is 26.7 Å². The minimum absolute atomic E-state index is 0.00734. The molecule has 28 heavy (non-hydrogen) atoms. The third-order valence-electron chi connectivity index (χ3n) is 4.06. The zero-order valence-electron chi connectivity index (χ0n) is 15.8. The predicted octanol–water partition coefficient (Wildman–Crippen LogP) is 2.68. The van der Waals surface area contributed by atoms with E-state index in [0.29, 0.717) is 12.1 Å². The summed E-state index contributed by atoms with van der Waals surface area (Å²) in [6.07, 6.45) is -0.109. The van der Waals surface area contributed by atoms with Crippen LogP contribution < -0.4 is 10.1 Å². The summed E-state index contributed by atoms with van der Waals surface area (Å²) < 4.78 is 15.2. The van der Waals surface area contributed by atoms with Gasteiger partial charge in [-0.2, -0.15) is 4.98 Å². The third-order valence-corrected chi connectivity index (χ3v) is 4.06. The lowest BCUT2D eigenvalue weighted by molar-refractivity contribution is 0.0947. The number of phenols is 2. The molecule has 0 fully saturated rings. The summed E-state index contributed by atoms with van der Waals surface area (Å²) in [5.41, 5.74) is 0.872. The highest BCUT2D eigenvalue weighted by molar-refractivity contribution is 6.01. The highest BCUT2D eigenvalue weighted by atomic mass is 16.6. The molecule has 1 amide bonds. The molecule has 0 unspecified atom stereocenters. The molecule has 0 saturated heterocycles. The number of phenolic OH excluding ortho intramolecular Hbond substituents is 2. The van der Waals surface area contributed by atoms with Crippen molar-refractivity contribution in [3.8, 4) is 40.3 Å². The van der Waals surface area contributed by atoms with Gasteiger partial charge in [-0.3, -0.25) is 9.32 Å². The van der Waals surface area contributed by atoms with Crippen LogP contribution in [0.1, 0.15) is 42.7 Å². The quantitative estimate of drug-likeness (QED) is 0.580. The third kappa shape index (κ3) is 3.36. The second-order valence-electron chi connectivity index (χ2n) is 6.27. The average molecular weight is 388 g/mol. The summed E-state index contributed by atoms with van der Waals surface area (Å²) in [6, 6.07) is 2.78. The molecular formula is C18H20N4O6. The number of nitrogens with zero attached hydrogens (tertiary/aromatic N) is 3. The van der Waals surface area contributed by atoms with Crippen LogP contribution in [0, 0.1) is 0 Å². The number of carbonyl (C=O) groups is 1. The van der Waals surface area contributed by atoms with Crippen LogP contribution in [0.2, 0.25) is 0 Å². The number of aromatic nitrogens is 3. The summed E-state index contributed by atoms with van der Waals surface area (Å²) in [6.45, 7) is 5.91. The van der Waals surface area contributed by atoms with Crippen molar-refractivity contribution in [1.29, 1.82) is 0 Å². The van der Waals surface area contributed by atoms with Crippen molar-refractivity contribution in [2.24, 2.45) is 0 Å². The maximum Gasteiger partial charge on any atom is 0.417 e. The van der Waals surface area contributed by atoms with E-state index in [2.05, 4.69) is 20.6 Å². The van der Waals surface area contributed by atoms with Crippen molar-refractivity contribution in [2.75, 3.05) is 13.7 Å². The Kier molecular flexibility index (Phi) is 5.21. The first-order valence-electron chi connectivity index (χ1n) is 8.59. The van der Waals surface area contributed by atoms with Gasteiger partial charge in [0.1, 0.15) is 17.1 Å². The number of methoxy groups -OCH3 is 1. The SMILES string of the molecule is CCNC(=O)c1noc(-c2cc(C(C)C)c(O)cc2O)c1-c1noc(OC)n1. The van der Waals surface area contributed by atoms with E-state index in [-0.39, 0.29) is 51.9 Å². The number of nitrogens with one attached hydrogen (secondary N) is 1. The first-order valence-corrected chi connectivity index (χ1v) is 8.59. The van der Waals surface area contributed by atoms with E-state index < -0.39 is 5.91 Å². The fourth-order valence-electron chi connectivity index (χ4n) is 2.71. The van der Waals surface area contributed by atoms with Crippen LogP contribution in [0.3, 0.4) is 0 Å². The molecule has 0 aliphatic rings. The molecule has 0 radical (unpaired) electrons. The number of benzene rings is 1. The van der Waals surface area contributed by atoms with Gasteiger partial charge in [-0.05, 0) is 24.5 Å². The Bertz CT molecular complexity index is 1010. The lowest BCUT2D eigenvalue weighted by Gasteiger charge is -2.11. The largest absolute Gasteiger partial charge is 0.508 e. The van der Waals surface area contributed by atoms with Gasteiger partial charge in [0.25, 0.3) is 5.91 Å². The first kappa shape index (κ1) is 19.2. The molecule has 0 atom stereocenters. The molecule has 2 heterocycles. The maximum atomic E-state index is 12.4. The Labute approximate surface area is 160 Å². The molecule has 0 aliphatic carbocycles. The van der Waals surface area contributed by atoms with E-state index in [0.717, 1.165) is 0 Å². The standard InChI is InChI=1S/C18H20N4O6/c1-5-19-17(25)14-13(16-20-18(26-4)28-22-16)15(27-21-14)10-6-9(8(2)3)11(23)7-12(10)24/h6-8,23-24H,5H2,1-4H3,(H,19,25). The van der Waals surface area contributed by atoms with Gasteiger partial charge in [-0.15, -0.1) is 0 Å². The monoisotopic (exact) mass is 388 g/mol. The Balaban J connectivity index is 2.25. The molecule has 2 aromatic heterocycles. The summed E-state index contributed by atoms with van der Waals surface area (Å²) >= 11 is 0. The smallest absolute Gasteiger partial charge is 0.417 e. The van der Waals surface area contributed by atoms with Crippen molar-refractivity contribution >= 4 is 5.91 Å². The summed E-state index contributed by atoms with van der Waals surface area (Å²) in [7, 11) is 1.36. The Morgan fingerprint density at radius 2 is 1.96 bits per heavy atom. The van der Waals surface area contributed by atoms with Crippen LogP contribution >= 0.6 is 0 Å². The van der Waals surface area contributed by atoms with Crippen molar-refractivity contribution in [3.63, 3.8) is 0 Å². The topological polar surface area (TPSA) is 144 Å². The van der Waals surface area contributed by atoms with Gasteiger partial charge < -0.3 is 24.8 Å². The van der Waals surface area contributed by atoms with E-state index in [9.17, 15) is 15.0 Å². The number of hydrogen-bond acceptors (Lipinski definition) is 9. The van der Waals surface area contributed by atoms with Gasteiger partial charge in [0, 0.05) is 12.6 Å². The second-order valence-corrected chi connectivity index (χ2v) is 6.27. The van der Waals surface area contributed by atoms with E-state index in [1.54, 1.807) is 13.0 Å². The Hall–Kier alpha value is -3.56. The zero-order chi connectivity index (χ0) is 20.4. The number of hydrogen-bond donors (Lipinski definition) is 3. The zero-order valence-corrected chi connectivity index (χ0v) is 15.8. The van der Waals surface area contributed by atoms with E-state index in [4.69, 9.17) is 13.8 Å². The minimum Gasteiger partial charge on any atom is -0.508 e. The van der Waals surface area contributed by atoms with Crippen LogP contribution in [0.25, 0.3) is 22.7 Å². The van der Waals surface area contributed by atoms with Crippen LogP contribution in [-0.4, -0.2) is 45.1 Å². The summed E-state index contributed by atoms with van der Waals surface area (Å²) in [5.74, 6) is -0.769. The summed E-state index contributed by atoms with van der Waals surface area (Å²) in [5, 5.41) is 30.7. The molecule has 0 aliphatic heterocycles. The number of carbonyl (C=O) groups excluding carboxylic acids is 1. The minimum atomic E-state index is -0.501. The van der Waals surface area contributed by atoms with E-state index >= 15 is 0 Å². The fraction of sp³-hybridized carbons (Fsp3) is 0.333. The van der Waals surface area contributed by atoms with Gasteiger partial charge in [0.05, 0.1) is 12.7 Å². The molecule has 3 rings (SSSR count).